The molecule has 0 fully saturated rings. The van der Waals surface area contributed by atoms with E-state index in [-0.39, 0.29) is 31.4 Å². The molecular formula is C23H36N6O6S. The second kappa shape index (κ2) is 16.5. The van der Waals surface area contributed by atoms with Crippen LogP contribution in [-0.2, 0) is 30.4 Å². The van der Waals surface area contributed by atoms with Gasteiger partial charge in [-0.25, -0.2) is 4.79 Å². The van der Waals surface area contributed by atoms with Gasteiger partial charge in [0, 0.05) is 18.6 Å². The highest BCUT2D eigenvalue weighted by Crippen LogP contribution is 2.06. The number of carboxylic acids is 1. The van der Waals surface area contributed by atoms with Gasteiger partial charge >= 0.3 is 5.97 Å². The number of aliphatic carboxylic acids is 1. The van der Waals surface area contributed by atoms with Gasteiger partial charge in [-0.05, 0) is 37.8 Å². The minimum atomic E-state index is -1.23. The highest BCUT2D eigenvalue weighted by atomic mass is 32.1. The zero-order chi connectivity index (χ0) is 27.1. The first kappa shape index (κ1) is 30.9. The Morgan fingerprint density at radius 2 is 1.44 bits per heavy atom. The third kappa shape index (κ3) is 11.5. The van der Waals surface area contributed by atoms with Crippen LogP contribution in [0, 0.1) is 0 Å². The predicted molar refractivity (Wildman–Crippen MR) is 137 cm³/mol. The summed E-state index contributed by atoms with van der Waals surface area (Å²) in [7, 11) is 0. The molecule has 0 saturated heterocycles. The van der Waals surface area contributed by atoms with Crippen molar-refractivity contribution in [3.63, 3.8) is 0 Å². The lowest BCUT2D eigenvalue weighted by molar-refractivity contribution is -0.142. The largest absolute Gasteiger partial charge is 0.480 e. The van der Waals surface area contributed by atoms with Gasteiger partial charge in [0.15, 0.2) is 0 Å². The summed E-state index contributed by atoms with van der Waals surface area (Å²) in [5.41, 5.74) is 17.1. The van der Waals surface area contributed by atoms with Crippen molar-refractivity contribution in [2.45, 2.75) is 62.7 Å². The minimum Gasteiger partial charge on any atom is -0.480 e. The standard InChI is InChI=1S/C23H36N6O6S/c24-11-5-4-8-16(27-20(31)15(25)9-10-19(26)30)21(32)29-18(13-36)22(33)28-17(23(34)35)12-14-6-2-1-3-7-14/h1-3,6-7,15-18,36H,4-5,8-13,24-25H2,(H2,26,30)(H,27,31)(H,28,33)(H,29,32)(H,34,35). The van der Waals surface area contributed by atoms with Crippen molar-refractivity contribution < 1.29 is 29.1 Å². The van der Waals surface area contributed by atoms with Gasteiger partial charge in [0.1, 0.15) is 18.1 Å². The van der Waals surface area contributed by atoms with E-state index >= 15 is 0 Å². The molecule has 36 heavy (non-hydrogen) atoms. The molecule has 0 aliphatic rings. The molecule has 0 aliphatic carbocycles. The van der Waals surface area contributed by atoms with Gasteiger partial charge in [0.2, 0.25) is 23.6 Å². The van der Waals surface area contributed by atoms with Gasteiger partial charge in [-0.2, -0.15) is 12.6 Å². The molecule has 13 heteroatoms. The summed E-state index contributed by atoms with van der Waals surface area (Å²) < 4.78 is 0. The Bertz CT molecular complexity index is 887. The topological polar surface area (TPSA) is 220 Å². The lowest BCUT2D eigenvalue weighted by atomic mass is 10.1. The van der Waals surface area contributed by atoms with E-state index in [1.54, 1.807) is 30.3 Å². The average molecular weight is 525 g/mol. The molecule has 1 aromatic rings. The molecule has 0 bridgehead atoms. The number of hydrogen-bond donors (Lipinski definition) is 8. The van der Waals surface area contributed by atoms with Crippen LogP contribution in [0.5, 0.6) is 0 Å². The van der Waals surface area contributed by atoms with Gasteiger partial charge in [0.05, 0.1) is 6.04 Å². The van der Waals surface area contributed by atoms with Crippen LogP contribution in [0.2, 0.25) is 0 Å². The highest BCUT2D eigenvalue weighted by molar-refractivity contribution is 7.80. The predicted octanol–water partition coefficient (Wildman–Crippen LogP) is -1.58. The van der Waals surface area contributed by atoms with Crippen LogP contribution in [0.1, 0.15) is 37.7 Å². The van der Waals surface area contributed by atoms with Gasteiger partial charge in [-0.3, -0.25) is 19.2 Å². The van der Waals surface area contributed by atoms with E-state index in [0.29, 0.717) is 24.9 Å². The molecule has 0 aromatic heterocycles. The maximum absolute atomic E-state index is 12.9. The number of benzene rings is 1. The molecule has 1 rings (SSSR count). The van der Waals surface area contributed by atoms with E-state index in [9.17, 15) is 29.1 Å². The lowest BCUT2D eigenvalue weighted by Crippen LogP contribution is -2.57. The second-order valence-electron chi connectivity index (χ2n) is 8.29. The van der Waals surface area contributed by atoms with Crippen LogP contribution in [0.3, 0.4) is 0 Å². The smallest absolute Gasteiger partial charge is 0.326 e. The third-order valence-corrected chi connectivity index (χ3v) is 5.70. The molecule has 0 spiro atoms. The molecule has 12 nitrogen and oxygen atoms in total. The molecule has 4 amide bonds. The zero-order valence-corrected chi connectivity index (χ0v) is 20.9. The lowest BCUT2D eigenvalue weighted by Gasteiger charge is -2.24. The summed E-state index contributed by atoms with van der Waals surface area (Å²) in [6.07, 6.45) is 1.32. The summed E-state index contributed by atoms with van der Waals surface area (Å²) in [4.78, 5) is 60.8. The molecule has 200 valence electrons. The number of nitrogens with two attached hydrogens (primary N) is 3. The van der Waals surface area contributed by atoms with E-state index in [2.05, 4.69) is 28.6 Å². The number of nitrogens with one attached hydrogen (secondary N) is 3. The summed E-state index contributed by atoms with van der Waals surface area (Å²) in [6.45, 7) is 0.389. The molecular weight excluding hydrogens is 488 g/mol. The van der Waals surface area contributed by atoms with Crippen LogP contribution < -0.4 is 33.2 Å². The molecule has 0 heterocycles. The molecule has 0 aliphatic heterocycles. The number of carbonyl (C=O) groups excluding carboxylic acids is 4. The van der Waals surface area contributed by atoms with Crippen molar-refractivity contribution in [3.05, 3.63) is 35.9 Å². The first-order valence-corrected chi connectivity index (χ1v) is 12.2. The van der Waals surface area contributed by atoms with Crippen LogP contribution in [0.4, 0.5) is 0 Å². The second-order valence-corrected chi connectivity index (χ2v) is 8.66. The number of rotatable bonds is 17. The van der Waals surface area contributed by atoms with Crippen molar-refractivity contribution in [1.82, 2.24) is 16.0 Å². The van der Waals surface area contributed by atoms with Crippen LogP contribution in [0.25, 0.3) is 0 Å². The number of carbonyl (C=O) groups is 5. The summed E-state index contributed by atoms with van der Waals surface area (Å²) >= 11 is 4.12. The van der Waals surface area contributed by atoms with Gasteiger partial charge in [0.25, 0.3) is 0 Å². The molecule has 1 aromatic carbocycles. The number of amides is 4. The number of primary amides is 1. The van der Waals surface area contributed by atoms with Crippen molar-refractivity contribution in [3.8, 4) is 0 Å². The average Bonchev–Trinajstić information content (AvgIpc) is 2.84. The maximum Gasteiger partial charge on any atom is 0.326 e. The fourth-order valence-corrected chi connectivity index (χ4v) is 3.51. The van der Waals surface area contributed by atoms with E-state index in [0.717, 1.165) is 0 Å². The number of unbranched alkanes of at least 4 members (excludes halogenated alkanes) is 1. The highest BCUT2D eigenvalue weighted by Gasteiger charge is 2.29. The van der Waals surface area contributed by atoms with E-state index in [1.165, 1.54) is 0 Å². The fourth-order valence-electron chi connectivity index (χ4n) is 3.26. The minimum absolute atomic E-state index is 0.0119. The molecule has 4 unspecified atom stereocenters. The Kier molecular flexibility index (Phi) is 14.1. The Morgan fingerprint density at radius 3 is 2.00 bits per heavy atom. The van der Waals surface area contributed by atoms with Crippen LogP contribution >= 0.6 is 12.6 Å². The molecule has 0 radical (unpaired) electrons. The van der Waals surface area contributed by atoms with Crippen molar-refractivity contribution in [1.29, 1.82) is 0 Å². The van der Waals surface area contributed by atoms with Crippen LogP contribution in [0.15, 0.2) is 30.3 Å². The molecule has 4 atom stereocenters. The Hall–Kier alpha value is -3.16. The quantitative estimate of drug-likeness (QED) is 0.0875. The first-order chi connectivity index (χ1) is 17.1. The monoisotopic (exact) mass is 524 g/mol. The Labute approximate surface area is 215 Å². The van der Waals surface area contributed by atoms with E-state index in [1.807, 2.05) is 0 Å². The zero-order valence-electron chi connectivity index (χ0n) is 20.0. The molecule has 10 N–H and O–H groups in total. The Morgan fingerprint density at radius 1 is 0.861 bits per heavy atom. The van der Waals surface area contributed by atoms with Crippen molar-refractivity contribution in [2.75, 3.05) is 12.3 Å². The summed E-state index contributed by atoms with van der Waals surface area (Å²) in [6, 6.07) is 4.32. The van der Waals surface area contributed by atoms with E-state index < -0.39 is 53.8 Å². The molecule has 0 saturated carbocycles. The Balaban J connectivity index is 2.85. The van der Waals surface area contributed by atoms with Gasteiger partial charge in [-0.15, -0.1) is 0 Å². The first-order valence-electron chi connectivity index (χ1n) is 11.6. The van der Waals surface area contributed by atoms with Crippen molar-refractivity contribution in [2.24, 2.45) is 17.2 Å². The number of carboxylic acid groups (broad SMARTS) is 1. The van der Waals surface area contributed by atoms with Gasteiger partial charge < -0.3 is 38.3 Å². The fraction of sp³-hybridized carbons (Fsp3) is 0.522. The SMILES string of the molecule is NCCCCC(NC(=O)C(N)CCC(N)=O)C(=O)NC(CS)C(=O)NC(Cc1ccccc1)C(=O)O. The normalized spacial score (nSPS) is 14.1. The van der Waals surface area contributed by atoms with Gasteiger partial charge in [-0.1, -0.05) is 30.3 Å². The van der Waals surface area contributed by atoms with Crippen LogP contribution in [-0.4, -0.2) is 71.2 Å². The summed E-state index contributed by atoms with van der Waals surface area (Å²) in [5.74, 6) is -3.99. The number of thiol groups is 1. The third-order valence-electron chi connectivity index (χ3n) is 5.33. The summed E-state index contributed by atoms with van der Waals surface area (Å²) in [5, 5.41) is 17.0. The number of hydrogen-bond acceptors (Lipinski definition) is 8. The maximum atomic E-state index is 12.9. The van der Waals surface area contributed by atoms with Crippen molar-refractivity contribution >= 4 is 42.2 Å². The van der Waals surface area contributed by atoms with E-state index in [4.69, 9.17) is 17.2 Å².